The van der Waals surface area contributed by atoms with Gasteiger partial charge in [-0.3, -0.25) is 14.5 Å². The molecule has 1 amide bonds. The number of benzene rings is 1. The van der Waals surface area contributed by atoms with E-state index in [1.165, 1.54) is 5.56 Å². The lowest BCUT2D eigenvalue weighted by Crippen LogP contribution is -2.31. The number of pyridine rings is 1. The van der Waals surface area contributed by atoms with Crippen molar-refractivity contribution >= 4 is 23.6 Å². The van der Waals surface area contributed by atoms with Crippen LogP contribution in [0.3, 0.4) is 0 Å². The molecular formula is C22H23ClN4O. The van der Waals surface area contributed by atoms with E-state index < -0.39 is 0 Å². The second-order valence-electron chi connectivity index (χ2n) is 6.60. The Hall–Kier alpha value is -2.92. The summed E-state index contributed by atoms with van der Waals surface area (Å²) in [4.78, 5) is 18.9. The molecule has 0 saturated carbocycles. The minimum absolute atomic E-state index is 0.0703. The molecule has 0 spiro atoms. The maximum atomic E-state index is 12.9. The van der Waals surface area contributed by atoms with E-state index in [0.717, 1.165) is 23.2 Å². The number of carbonyl (C=O) groups excluding carboxylic acids is 1. The van der Waals surface area contributed by atoms with Crippen LogP contribution >= 0.6 is 11.6 Å². The summed E-state index contributed by atoms with van der Waals surface area (Å²) in [5.41, 5.74) is 3.75. The third-order valence-corrected chi connectivity index (χ3v) is 4.96. The quantitative estimate of drug-likeness (QED) is 0.568. The summed E-state index contributed by atoms with van der Waals surface area (Å²) in [6, 6.07) is 14.0. The second kappa shape index (κ2) is 9.33. The third-order valence-electron chi connectivity index (χ3n) is 4.51. The van der Waals surface area contributed by atoms with E-state index in [1.54, 1.807) is 36.3 Å². The van der Waals surface area contributed by atoms with Gasteiger partial charge in [0.1, 0.15) is 5.15 Å². The molecule has 0 aliphatic heterocycles. The Morgan fingerprint density at radius 3 is 2.57 bits per heavy atom. The molecule has 0 fully saturated rings. The molecule has 0 aliphatic carbocycles. The Kier molecular flexibility index (Phi) is 6.61. The van der Waals surface area contributed by atoms with Crippen LogP contribution in [0.5, 0.6) is 0 Å². The highest BCUT2D eigenvalue weighted by Gasteiger charge is 2.13. The average molecular weight is 395 g/mol. The molecule has 28 heavy (non-hydrogen) atoms. The van der Waals surface area contributed by atoms with Crippen molar-refractivity contribution in [1.29, 1.82) is 0 Å². The first kappa shape index (κ1) is 19.8. The highest BCUT2D eigenvalue weighted by atomic mass is 35.5. The Bertz CT molecular complexity index is 951. The van der Waals surface area contributed by atoms with Crippen LogP contribution in [-0.4, -0.2) is 32.1 Å². The Balaban J connectivity index is 1.76. The van der Waals surface area contributed by atoms with Gasteiger partial charge in [-0.15, -0.1) is 0 Å². The summed E-state index contributed by atoms with van der Waals surface area (Å²) >= 11 is 6.26. The maximum Gasteiger partial charge on any atom is 0.246 e. The number of aromatic nitrogens is 3. The van der Waals surface area contributed by atoms with E-state index in [0.29, 0.717) is 18.2 Å². The van der Waals surface area contributed by atoms with Gasteiger partial charge in [0.25, 0.3) is 0 Å². The van der Waals surface area contributed by atoms with Gasteiger partial charge in [0.05, 0.1) is 5.69 Å². The van der Waals surface area contributed by atoms with Crippen LogP contribution in [0.1, 0.15) is 22.4 Å². The van der Waals surface area contributed by atoms with Crippen molar-refractivity contribution in [2.45, 2.75) is 19.9 Å². The SMILES string of the molecule is Cc1nn(C)c(Cl)c1/C=C/C(=O)N(CCc1ccccc1)Cc1cccnc1. The molecular weight excluding hydrogens is 372 g/mol. The van der Waals surface area contributed by atoms with Crippen LogP contribution in [0.4, 0.5) is 0 Å². The van der Waals surface area contributed by atoms with E-state index in [2.05, 4.69) is 22.2 Å². The minimum atomic E-state index is -0.0703. The zero-order chi connectivity index (χ0) is 19.9. The highest BCUT2D eigenvalue weighted by molar-refractivity contribution is 6.31. The van der Waals surface area contributed by atoms with E-state index in [4.69, 9.17) is 11.6 Å². The van der Waals surface area contributed by atoms with Gasteiger partial charge in [0, 0.05) is 44.2 Å². The van der Waals surface area contributed by atoms with Crippen molar-refractivity contribution < 1.29 is 4.79 Å². The molecule has 2 heterocycles. The van der Waals surface area contributed by atoms with E-state index in [-0.39, 0.29) is 5.91 Å². The molecule has 0 N–H and O–H groups in total. The van der Waals surface area contributed by atoms with Crippen LogP contribution in [-0.2, 0) is 24.8 Å². The third kappa shape index (κ3) is 5.08. The molecule has 2 aromatic heterocycles. The lowest BCUT2D eigenvalue weighted by atomic mass is 10.1. The summed E-state index contributed by atoms with van der Waals surface area (Å²) < 4.78 is 1.60. The predicted molar refractivity (Wildman–Crippen MR) is 112 cm³/mol. The van der Waals surface area contributed by atoms with E-state index in [9.17, 15) is 4.79 Å². The normalized spacial score (nSPS) is 11.1. The van der Waals surface area contributed by atoms with E-state index >= 15 is 0 Å². The van der Waals surface area contributed by atoms with Gasteiger partial charge in [-0.2, -0.15) is 5.10 Å². The fourth-order valence-corrected chi connectivity index (χ4v) is 3.22. The van der Waals surface area contributed by atoms with Crippen molar-refractivity contribution in [2.75, 3.05) is 6.54 Å². The molecule has 0 unspecified atom stereocenters. The predicted octanol–water partition coefficient (Wildman–Crippen LogP) is 4.06. The number of halogens is 1. The first-order valence-corrected chi connectivity index (χ1v) is 9.51. The van der Waals surface area contributed by atoms with Crippen LogP contribution in [0.2, 0.25) is 5.15 Å². The van der Waals surface area contributed by atoms with E-state index in [1.807, 2.05) is 42.2 Å². The number of amides is 1. The Morgan fingerprint density at radius 2 is 1.93 bits per heavy atom. The number of hydrogen-bond donors (Lipinski definition) is 0. The van der Waals surface area contributed by atoms with Gasteiger partial charge in [0.2, 0.25) is 5.91 Å². The minimum Gasteiger partial charge on any atom is -0.334 e. The second-order valence-corrected chi connectivity index (χ2v) is 6.96. The molecule has 1 aromatic carbocycles. The smallest absolute Gasteiger partial charge is 0.246 e. The average Bonchev–Trinajstić information content (AvgIpc) is 2.96. The summed E-state index contributed by atoms with van der Waals surface area (Å²) in [5.74, 6) is -0.0703. The lowest BCUT2D eigenvalue weighted by Gasteiger charge is -2.21. The zero-order valence-corrected chi connectivity index (χ0v) is 16.8. The summed E-state index contributed by atoms with van der Waals surface area (Å²) in [7, 11) is 1.78. The zero-order valence-electron chi connectivity index (χ0n) is 16.0. The molecule has 3 rings (SSSR count). The van der Waals surface area contributed by atoms with Crippen molar-refractivity contribution in [3.05, 3.63) is 88.5 Å². The fourth-order valence-electron chi connectivity index (χ4n) is 2.98. The highest BCUT2D eigenvalue weighted by Crippen LogP contribution is 2.20. The molecule has 5 nitrogen and oxygen atoms in total. The van der Waals surface area contributed by atoms with Crippen LogP contribution in [0.15, 0.2) is 60.9 Å². The summed E-state index contributed by atoms with van der Waals surface area (Å²) in [6.45, 7) is 2.99. The van der Waals surface area contributed by atoms with Gasteiger partial charge in [-0.25, -0.2) is 0 Å². The first-order valence-electron chi connectivity index (χ1n) is 9.13. The van der Waals surface area contributed by atoms with Crippen LogP contribution in [0, 0.1) is 6.92 Å². The lowest BCUT2D eigenvalue weighted by molar-refractivity contribution is -0.126. The van der Waals surface area contributed by atoms with Crippen molar-refractivity contribution in [3.63, 3.8) is 0 Å². The van der Waals surface area contributed by atoms with Gasteiger partial charge >= 0.3 is 0 Å². The monoisotopic (exact) mass is 394 g/mol. The summed E-state index contributed by atoms with van der Waals surface area (Å²) in [5, 5.41) is 4.80. The van der Waals surface area contributed by atoms with Gasteiger partial charge in [-0.1, -0.05) is 48.0 Å². The standard InChI is InChI=1S/C22H23ClN4O/c1-17-20(22(23)26(2)25-17)10-11-21(28)27(16-19-9-6-13-24-15-19)14-12-18-7-4-3-5-8-18/h3-11,13,15H,12,14,16H2,1-2H3/b11-10+. The molecule has 0 saturated heterocycles. The fraction of sp³-hybridized carbons (Fsp3) is 0.227. The maximum absolute atomic E-state index is 12.9. The summed E-state index contributed by atoms with van der Waals surface area (Å²) in [6.07, 6.45) is 7.61. The molecule has 6 heteroatoms. The van der Waals surface area contributed by atoms with Crippen LogP contribution < -0.4 is 0 Å². The molecule has 144 valence electrons. The van der Waals surface area contributed by atoms with Gasteiger partial charge < -0.3 is 4.90 Å². The van der Waals surface area contributed by atoms with Gasteiger partial charge in [0.15, 0.2) is 0 Å². The largest absolute Gasteiger partial charge is 0.334 e. The number of aryl methyl sites for hydroxylation is 2. The Labute approximate surface area is 170 Å². The number of carbonyl (C=O) groups is 1. The molecule has 0 radical (unpaired) electrons. The van der Waals surface area contributed by atoms with Crippen molar-refractivity contribution in [3.8, 4) is 0 Å². The molecule has 0 atom stereocenters. The molecule has 0 bridgehead atoms. The first-order chi connectivity index (χ1) is 13.5. The number of nitrogens with zero attached hydrogens (tertiary/aromatic N) is 4. The number of hydrogen-bond acceptors (Lipinski definition) is 3. The van der Waals surface area contributed by atoms with Crippen LogP contribution in [0.25, 0.3) is 6.08 Å². The molecule has 0 aliphatic rings. The van der Waals surface area contributed by atoms with Crippen molar-refractivity contribution in [1.82, 2.24) is 19.7 Å². The Morgan fingerprint density at radius 1 is 1.18 bits per heavy atom. The molecule has 3 aromatic rings. The number of rotatable bonds is 7. The van der Waals surface area contributed by atoms with Gasteiger partial charge in [-0.05, 0) is 36.6 Å². The van der Waals surface area contributed by atoms with Crippen molar-refractivity contribution in [2.24, 2.45) is 7.05 Å². The topological polar surface area (TPSA) is 51.0 Å².